The number of methoxy groups -OCH3 is 1. The number of hydrogen-bond acceptors (Lipinski definition) is 6. The van der Waals surface area contributed by atoms with E-state index in [4.69, 9.17) is 9.47 Å². The molecule has 2 amide bonds. The van der Waals surface area contributed by atoms with E-state index in [1.807, 2.05) is 42.5 Å². The Kier molecular flexibility index (Phi) is 6.10. The number of pyridine rings is 1. The third-order valence-electron chi connectivity index (χ3n) is 6.44. The van der Waals surface area contributed by atoms with Crippen LogP contribution in [-0.2, 0) is 6.42 Å². The molecular formula is C29H25N3O4S. The van der Waals surface area contributed by atoms with Crippen molar-refractivity contribution < 1.29 is 19.1 Å². The minimum absolute atomic E-state index is 0.0111. The number of nitrogens with one attached hydrogen (secondary N) is 1. The first kappa shape index (κ1) is 23.2. The Morgan fingerprint density at radius 1 is 1.00 bits per heavy atom. The Balaban J connectivity index is 1.28. The van der Waals surface area contributed by atoms with Crippen molar-refractivity contribution in [3.63, 3.8) is 0 Å². The smallest absolute Gasteiger partial charge is 0.277 e. The van der Waals surface area contributed by atoms with Crippen molar-refractivity contribution in [2.24, 2.45) is 0 Å². The molecule has 0 unspecified atom stereocenters. The molecule has 0 saturated heterocycles. The Labute approximate surface area is 218 Å². The maximum Gasteiger partial charge on any atom is 0.277 e. The maximum atomic E-state index is 13.7. The molecule has 1 fully saturated rings. The van der Waals surface area contributed by atoms with Crippen LogP contribution < -0.4 is 19.7 Å². The summed E-state index contributed by atoms with van der Waals surface area (Å²) in [6, 6.07) is 22.5. The van der Waals surface area contributed by atoms with Crippen molar-refractivity contribution in [1.82, 2.24) is 10.3 Å². The number of para-hydroxylation sites is 1. The summed E-state index contributed by atoms with van der Waals surface area (Å²) in [5, 5.41) is 3.08. The van der Waals surface area contributed by atoms with E-state index in [1.54, 1.807) is 42.3 Å². The van der Waals surface area contributed by atoms with Crippen LogP contribution >= 0.6 is 11.3 Å². The standard InChI is InChI=1S/C29H25N3O4S/c1-35-20-6-4-7-21(17-20)36-26-11-5-9-23(31-26)29(34)32-15-14-18-16-25(28(33)30-19-12-13-19)37-27(18)22-8-2-3-10-24(22)32/h2-11,16-17,19H,12-15H2,1H3,(H,30,33). The highest BCUT2D eigenvalue weighted by atomic mass is 32.1. The van der Waals surface area contributed by atoms with Crippen LogP contribution in [0.4, 0.5) is 5.69 Å². The van der Waals surface area contributed by atoms with Gasteiger partial charge in [0.25, 0.3) is 11.8 Å². The van der Waals surface area contributed by atoms with Gasteiger partial charge in [-0.3, -0.25) is 9.59 Å². The zero-order chi connectivity index (χ0) is 25.4. The van der Waals surface area contributed by atoms with Gasteiger partial charge in [0.2, 0.25) is 5.88 Å². The summed E-state index contributed by atoms with van der Waals surface area (Å²) in [6.07, 6.45) is 2.75. The van der Waals surface area contributed by atoms with Crippen LogP contribution in [-0.4, -0.2) is 36.5 Å². The van der Waals surface area contributed by atoms with Gasteiger partial charge < -0.3 is 19.7 Å². The van der Waals surface area contributed by atoms with Crippen molar-refractivity contribution in [2.75, 3.05) is 18.6 Å². The lowest BCUT2D eigenvalue weighted by atomic mass is 10.1. The summed E-state index contributed by atoms with van der Waals surface area (Å²) in [7, 11) is 1.60. The van der Waals surface area contributed by atoms with E-state index in [-0.39, 0.29) is 11.8 Å². The zero-order valence-corrected chi connectivity index (χ0v) is 21.1. The molecule has 37 heavy (non-hydrogen) atoms. The molecule has 2 aromatic heterocycles. The molecule has 1 N–H and O–H groups in total. The Morgan fingerprint density at radius 3 is 2.65 bits per heavy atom. The number of rotatable bonds is 6. The highest BCUT2D eigenvalue weighted by Crippen LogP contribution is 2.42. The van der Waals surface area contributed by atoms with Crippen molar-refractivity contribution in [3.05, 3.63) is 88.9 Å². The summed E-state index contributed by atoms with van der Waals surface area (Å²) in [4.78, 5) is 34.4. The summed E-state index contributed by atoms with van der Waals surface area (Å²) in [5.74, 6) is 1.36. The highest BCUT2D eigenvalue weighted by Gasteiger charge is 2.29. The molecule has 0 spiro atoms. The van der Waals surface area contributed by atoms with E-state index in [9.17, 15) is 9.59 Å². The van der Waals surface area contributed by atoms with Gasteiger partial charge in [0.15, 0.2) is 0 Å². The van der Waals surface area contributed by atoms with Gasteiger partial charge in [0, 0.05) is 35.2 Å². The summed E-state index contributed by atoms with van der Waals surface area (Å²) in [5.41, 5.74) is 3.13. The van der Waals surface area contributed by atoms with Gasteiger partial charge in [0.1, 0.15) is 17.2 Å². The van der Waals surface area contributed by atoms with Gasteiger partial charge >= 0.3 is 0 Å². The van der Waals surface area contributed by atoms with Crippen LogP contribution in [0.5, 0.6) is 17.4 Å². The van der Waals surface area contributed by atoms with Crippen LogP contribution in [0.2, 0.25) is 0 Å². The first-order chi connectivity index (χ1) is 18.1. The molecule has 186 valence electrons. The second kappa shape index (κ2) is 9.71. The molecule has 0 bridgehead atoms. The predicted octanol–water partition coefficient (Wildman–Crippen LogP) is 5.71. The van der Waals surface area contributed by atoms with Crippen LogP contribution in [0, 0.1) is 0 Å². The number of thiophene rings is 1. The lowest BCUT2D eigenvalue weighted by molar-refractivity contribution is 0.0952. The molecule has 8 heteroatoms. The Hall–Kier alpha value is -4.17. The summed E-state index contributed by atoms with van der Waals surface area (Å²) in [6.45, 7) is 0.478. The van der Waals surface area contributed by atoms with Gasteiger partial charge in [-0.05, 0) is 55.2 Å². The fraction of sp³-hybridized carbons (Fsp3) is 0.207. The molecular weight excluding hydrogens is 486 g/mol. The number of ether oxygens (including phenoxy) is 2. The average Bonchev–Trinajstić information content (AvgIpc) is 3.67. The largest absolute Gasteiger partial charge is 0.497 e. The quantitative estimate of drug-likeness (QED) is 0.359. The number of benzene rings is 2. The monoisotopic (exact) mass is 511 g/mol. The normalized spacial score (nSPS) is 14.2. The molecule has 0 atom stereocenters. The number of hydrogen-bond donors (Lipinski definition) is 1. The molecule has 4 aromatic rings. The molecule has 0 radical (unpaired) electrons. The average molecular weight is 512 g/mol. The van der Waals surface area contributed by atoms with Crippen molar-refractivity contribution >= 4 is 28.8 Å². The lowest BCUT2D eigenvalue weighted by Gasteiger charge is -2.22. The van der Waals surface area contributed by atoms with Crippen LogP contribution in [0.25, 0.3) is 10.4 Å². The summed E-state index contributed by atoms with van der Waals surface area (Å²) >= 11 is 1.49. The number of carbonyl (C=O) groups excluding carboxylic acids is 2. The van der Waals surface area contributed by atoms with Crippen molar-refractivity contribution in [3.8, 4) is 27.8 Å². The molecule has 2 aromatic carbocycles. The number of amides is 2. The van der Waals surface area contributed by atoms with E-state index in [0.717, 1.165) is 39.4 Å². The minimum Gasteiger partial charge on any atom is -0.497 e. The predicted molar refractivity (Wildman–Crippen MR) is 143 cm³/mol. The SMILES string of the molecule is COc1cccc(Oc2cccc(C(=O)N3CCc4cc(C(=O)NC5CC5)sc4-c4ccccc43)n2)c1. The molecule has 7 nitrogen and oxygen atoms in total. The van der Waals surface area contributed by atoms with Gasteiger partial charge in [-0.25, -0.2) is 4.98 Å². The third kappa shape index (κ3) is 4.80. The number of anilines is 1. The molecule has 6 rings (SSSR count). The van der Waals surface area contributed by atoms with Gasteiger partial charge in [-0.15, -0.1) is 11.3 Å². The van der Waals surface area contributed by atoms with Gasteiger partial charge in [0.05, 0.1) is 17.7 Å². The molecule has 3 heterocycles. The second-order valence-electron chi connectivity index (χ2n) is 9.08. The third-order valence-corrected chi connectivity index (χ3v) is 7.65. The first-order valence-electron chi connectivity index (χ1n) is 12.2. The maximum absolute atomic E-state index is 13.7. The van der Waals surface area contributed by atoms with E-state index in [0.29, 0.717) is 42.1 Å². The first-order valence-corrected chi connectivity index (χ1v) is 13.0. The van der Waals surface area contributed by atoms with Crippen LogP contribution in [0.3, 0.4) is 0 Å². The summed E-state index contributed by atoms with van der Waals surface area (Å²) < 4.78 is 11.2. The van der Waals surface area contributed by atoms with Crippen LogP contribution in [0.1, 0.15) is 38.6 Å². The van der Waals surface area contributed by atoms with Crippen molar-refractivity contribution in [2.45, 2.75) is 25.3 Å². The topological polar surface area (TPSA) is 80.8 Å². The Bertz CT molecular complexity index is 1490. The fourth-order valence-corrected chi connectivity index (χ4v) is 5.57. The minimum atomic E-state index is -0.203. The fourth-order valence-electron chi connectivity index (χ4n) is 4.42. The number of aromatic nitrogens is 1. The lowest BCUT2D eigenvalue weighted by Crippen LogP contribution is -2.33. The zero-order valence-electron chi connectivity index (χ0n) is 20.3. The van der Waals surface area contributed by atoms with Crippen molar-refractivity contribution in [1.29, 1.82) is 0 Å². The number of carbonyl (C=O) groups is 2. The van der Waals surface area contributed by atoms with Gasteiger partial charge in [-0.2, -0.15) is 0 Å². The van der Waals surface area contributed by atoms with E-state index >= 15 is 0 Å². The van der Waals surface area contributed by atoms with Crippen LogP contribution in [0.15, 0.2) is 72.8 Å². The van der Waals surface area contributed by atoms with E-state index < -0.39 is 0 Å². The molecule has 1 aliphatic heterocycles. The molecule has 1 aliphatic carbocycles. The molecule has 1 saturated carbocycles. The number of fused-ring (bicyclic) bond motifs is 3. The highest BCUT2D eigenvalue weighted by molar-refractivity contribution is 7.17. The second-order valence-corrected chi connectivity index (χ2v) is 10.1. The molecule has 2 aliphatic rings. The Morgan fingerprint density at radius 2 is 1.81 bits per heavy atom. The van der Waals surface area contributed by atoms with Gasteiger partial charge in [-0.1, -0.05) is 30.3 Å². The van der Waals surface area contributed by atoms with E-state index in [1.165, 1.54) is 11.3 Å². The number of nitrogens with zero attached hydrogens (tertiary/aromatic N) is 2. The van der Waals surface area contributed by atoms with E-state index in [2.05, 4.69) is 10.3 Å².